The van der Waals surface area contributed by atoms with Crippen LogP contribution in [0.4, 0.5) is 0 Å². The number of carbonyl (C=O) groups is 1. The first-order chi connectivity index (χ1) is 6.50. The lowest BCUT2D eigenvalue weighted by molar-refractivity contribution is -0.112. The molecule has 0 N–H and O–H groups in total. The van der Waals surface area contributed by atoms with E-state index in [0.29, 0.717) is 17.8 Å². The third-order valence-corrected chi connectivity index (χ3v) is 3.01. The number of carbonyl (C=O) groups excluding carboxylic acids is 1. The van der Waals surface area contributed by atoms with Crippen molar-refractivity contribution in [1.29, 1.82) is 0 Å². The van der Waals surface area contributed by atoms with Crippen molar-refractivity contribution in [3.05, 3.63) is 23.8 Å². The van der Waals surface area contributed by atoms with Gasteiger partial charge < -0.3 is 0 Å². The van der Waals surface area contributed by atoms with Crippen LogP contribution in [-0.4, -0.2) is 5.78 Å². The molecule has 0 aromatic heterocycles. The first kappa shape index (κ1) is 11.2. The summed E-state index contributed by atoms with van der Waals surface area (Å²) in [7, 11) is 0. The maximum atomic E-state index is 10.9. The van der Waals surface area contributed by atoms with Crippen LogP contribution in [0, 0.1) is 17.8 Å². The zero-order valence-corrected chi connectivity index (χ0v) is 9.58. The smallest absolute Gasteiger partial charge is 0.152 e. The Labute approximate surface area is 86.9 Å². The van der Waals surface area contributed by atoms with Gasteiger partial charge in [0, 0.05) is 0 Å². The molecule has 0 spiro atoms. The number of hydrogen-bond donors (Lipinski definition) is 0. The highest BCUT2D eigenvalue weighted by Crippen LogP contribution is 2.34. The van der Waals surface area contributed by atoms with E-state index < -0.39 is 0 Å². The van der Waals surface area contributed by atoms with Crippen LogP contribution in [0.2, 0.25) is 0 Å². The Morgan fingerprint density at radius 3 is 2.64 bits per heavy atom. The van der Waals surface area contributed by atoms with Gasteiger partial charge in [-0.05, 0) is 44.1 Å². The van der Waals surface area contributed by atoms with E-state index in [9.17, 15) is 4.79 Å². The Morgan fingerprint density at radius 2 is 2.14 bits per heavy atom. The number of hydrogen-bond acceptors (Lipinski definition) is 1. The van der Waals surface area contributed by atoms with Crippen molar-refractivity contribution in [2.24, 2.45) is 17.8 Å². The summed E-state index contributed by atoms with van der Waals surface area (Å²) in [5.41, 5.74) is 1.48. The van der Waals surface area contributed by atoms with E-state index in [2.05, 4.69) is 32.9 Å². The summed E-state index contributed by atoms with van der Waals surface area (Å²) >= 11 is 0. The van der Waals surface area contributed by atoms with Crippen LogP contribution in [0.15, 0.2) is 23.8 Å². The molecule has 78 valence electrons. The van der Waals surface area contributed by atoms with Crippen LogP contribution in [0.25, 0.3) is 0 Å². The molecule has 0 radical (unpaired) electrons. The van der Waals surface area contributed by atoms with Gasteiger partial charge in [-0.2, -0.15) is 0 Å². The molecule has 0 aromatic rings. The van der Waals surface area contributed by atoms with Crippen molar-refractivity contribution < 1.29 is 4.79 Å². The monoisotopic (exact) mass is 192 g/mol. The van der Waals surface area contributed by atoms with Crippen molar-refractivity contribution in [3.8, 4) is 0 Å². The van der Waals surface area contributed by atoms with Crippen molar-refractivity contribution in [2.75, 3.05) is 0 Å². The van der Waals surface area contributed by atoms with Crippen LogP contribution in [0.5, 0.6) is 0 Å². The molecule has 14 heavy (non-hydrogen) atoms. The van der Waals surface area contributed by atoms with Crippen LogP contribution < -0.4 is 0 Å². The highest BCUT2D eigenvalue weighted by Gasteiger charge is 2.24. The molecule has 0 amide bonds. The molecule has 0 aromatic carbocycles. The van der Waals surface area contributed by atoms with Gasteiger partial charge >= 0.3 is 0 Å². The maximum absolute atomic E-state index is 10.9. The molecular formula is C13H20O. The fourth-order valence-corrected chi connectivity index (χ4v) is 2.40. The second-order valence-corrected chi connectivity index (χ2v) is 4.60. The molecule has 0 bridgehead atoms. The normalized spacial score (nSPS) is 33.1. The molecule has 1 nitrogen and oxygen atoms in total. The Morgan fingerprint density at radius 1 is 1.50 bits per heavy atom. The second-order valence-electron chi connectivity index (χ2n) is 4.60. The van der Waals surface area contributed by atoms with Crippen molar-refractivity contribution >= 4 is 5.78 Å². The predicted octanol–water partition coefficient (Wildman–Crippen LogP) is 3.37. The standard InChI is InChI=1S/C13H20O/c1-9-7-10(2)13(11(3)8-9)6-5-12(4)14/h5-7,10-11,13H,8H2,1-4H3. The molecule has 0 aliphatic heterocycles. The Kier molecular flexibility index (Phi) is 3.68. The molecule has 1 aliphatic rings. The number of ketones is 1. The van der Waals surface area contributed by atoms with Gasteiger partial charge in [-0.1, -0.05) is 31.6 Å². The highest BCUT2D eigenvalue weighted by atomic mass is 16.1. The van der Waals surface area contributed by atoms with Gasteiger partial charge in [0.05, 0.1) is 0 Å². The predicted molar refractivity (Wildman–Crippen MR) is 60.0 cm³/mol. The average molecular weight is 192 g/mol. The fourth-order valence-electron chi connectivity index (χ4n) is 2.40. The van der Waals surface area contributed by atoms with Crippen LogP contribution in [-0.2, 0) is 4.79 Å². The molecule has 1 rings (SSSR count). The maximum Gasteiger partial charge on any atom is 0.152 e. The third kappa shape index (κ3) is 2.83. The Bertz CT molecular complexity index is 273. The highest BCUT2D eigenvalue weighted by molar-refractivity contribution is 5.87. The zero-order valence-electron chi connectivity index (χ0n) is 9.58. The van der Waals surface area contributed by atoms with E-state index >= 15 is 0 Å². The fraction of sp³-hybridized carbons (Fsp3) is 0.615. The van der Waals surface area contributed by atoms with Gasteiger partial charge in [0.15, 0.2) is 5.78 Å². The molecule has 0 heterocycles. The van der Waals surface area contributed by atoms with Crippen molar-refractivity contribution in [1.82, 2.24) is 0 Å². The SMILES string of the molecule is CC(=O)C=CC1C(C)C=C(C)CC1C. The third-order valence-electron chi connectivity index (χ3n) is 3.01. The molecular weight excluding hydrogens is 172 g/mol. The first-order valence-electron chi connectivity index (χ1n) is 5.36. The summed E-state index contributed by atoms with van der Waals surface area (Å²) in [6.45, 7) is 8.30. The van der Waals surface area contributed by atoms with Gasteiger partial charge in [0.1, 0.15) is 0 Å². The second kappa shape index (κ2) is 4.59. The quantitative estimate of drug-likeness (QED) is 0.484. The molecule has 0 saturated carbocycles. The van der Waals surface area contributed by atoms with Gasteiger partial charge in [-0.15, -0.1) is 0 Å². The van der Waals surface area contributed by atoms with E-state index in [-0.39, 0.29) is 5.78 Å². The van der Waals surface area contributed by atoms with E-state index in [0.717, 1.165) is 6.42 Å². The molecule has 3 atom stereocenters. The van der Waals surface area contributed by atoms with Crippen LogP contribution in [0.3, 0.4) is 0 Å². The minimum atomic E-state index is 0.149. The lowest BCUT2D eigenvalue weighted by atomic mass is 9.75. The molecule has 3 unspecified atom stereocenters. The number of rotatable bonds is 2. The Hall–Kier alpha value is -0.850. The van der Waals surface area contributed by atoms with Crippen LogP contribution >= 0.6 is 0 Å². The molecule has 1 aliphatic carbocycles. The summed E-state index contributed by atoms with van der Waals surface area (Å²) in [6.07, 6.45) is 7.29. The van der Waals surface area contributed by atoms with E-state index in [4.69, 9.17) is 0 Å². The Balaban J connectivity index is 2.74. The summed E-state index contributed by atoms with van der Waals surface area (Å²) in [4.78, 5) is 10.9. The van der Waals surface area contributed by atoms with Gasteiger partial charge in [-0.3, -0.25) is 4.79 Å². The largest absolute Gasteiger partial charge is 0.295 e. The van der Waals surface area contributed by atoms with E-state index in [1.54, 1.807) is 13.0 Å². The van der Waals surface area contributed by atoms with E-state index in [1.165, 1.54) is 5.57 Å². The van der Waals surface area contributed by atoms with Crippen molar-refractivity contribution in [3.63, 3.8) is 0 Å². The summed E-state index contributed by atoms with van der Waals surface area (Å²) in [5, 5.41) is 0. The lowest BCUT2D eigenvalue weighted by Crippen LogP contribution is -2.21. The van der Waals surface area contributed by atoms with Gasteiger partial charge in [-0.25, -0.2) is 0 Å². The first-order valence-corrected chi connectivity index (χ1v) is 5.36. The topological polar surface area (TPSA) is 17.1 Å². The van der Waals surface area contributed by atoms with E-state index in [1.807, 2.05) is 0 Å². The molecule has 0 saturated heterocycles. The van der Waals surface area contributed by atoms with Crippen molar-refractivity contribution in [2.45, 2.75) is 34.1 Å². The van der Waals surface area contributed by atoms with Gasteiger partial charge in [0.2, 0.25) is 0 Å². The van der Waals surface area contributed by atoms with Gasteiger partial charge in [0.25, 0.3) is 0 Å². The number of allylic oxidation sites excluding steroid dienone is 4. The average Bonchev–Trinajstić information content (AvgIpc) is 2.01. The summed E-state index contributed by atoms with van der Waals surface area (Å²) in [6, 6.07) is 0. The molecule has 0 fully saturated rings. The zero-order chi connectivity index (χ0) is 10.7. The summed E-state index contributed by atoms with van der Waals surface area (Å²) < 4.78 is 0. The van der Waals surface area contributed by atoms with Crippen LogP contribution in [0.1, 0.15) is 34.1 Å². The lowest BCUT2D eigenvalue weighted by Gasteiger charge is -2.30. The molecule has 1 heteroatoms. The minimum Gasteiger partial charge on any atom is -0.295 e. The minimum absolute atomic E-state index is 0.149. The summed E-state index contributed by atoms with van der Waals surface area (Å²) in [5.74, 6) is 1.90.